The maximum absolute atomic E-state index is 13.2. The minimum absolute atomic E-state index is 0.0122. The molecule has 1 N–H and O–H groups in total. The maximum Gasteiger partial charge on any atom is 0.305 e. The summed E-state index contributed by atoms with van der Waals surface area (Å²) in [5, 5.41) is 13.2. The molecule has 2 aromatic rings. The number of nitro benzene ring substituents is 1. The molecule has 2 rings (SSSR count). The van der Waals surface area contributed by atoms with Crippen LogP contribution in [0.2, 0.25) is 0 Å². The second-order valence-corrected chi connectivity index (χ2v) is 4.59. The highest BCUT2D eigenvalue weighted by atomic mass is 79.9. The van der Waals surface area contributed by atoms with Crippen LogP contribution in [0.15, 0.2) is 41.1 Å². The molecule has 0 aliphatic heterocycles. The number of halogens is 2. The molecule has 1 aromatic heterocycles. The summed E-state index contributed by atoms with van der Waals surface area (Å²) >= 11 is 3.20. The number of nitro groups is 1. The van der Waals surface area contributed by atoms with Crippen molar-refractivity contribution in [2.24, 2.45) is 0 Å². The Morgan fingerprint density at radius 1 is 1.40 bits per heavy atom. The Hall–Kier alpha value is -2.35. The summed E-state index contributed by atoms with van der Waals surface area (Å²) in [7, 11) is 0. The molecular formula is C12H7BrFN3O3. The number of carbonyl (C=O) groups is 1. The van der Waals surface area contributed by atoms with Gasteiger partial charge in [0.1, 0.15) is 0 Å². The second kappa shape index (κ2) is 5.74. The molecular weight excluding hydrogens is 333 g/mol. The Morgan fingerprint density at radius 3 is 2.80 bits per heavy atom. The Balaban J connectivity index is 2.28. The number of anilines is 1. The first kappa shape index (κ1) is 14.1. The van der Waals surface area contributed by atoms with E-state index < -0.39 is 22.3 Å². The monoisotopic (exact) mass is 339 g/mol. The molecule has 0 radical (unpaired) electrons. The van der Waals surface area contributed by atoms with E-state index >= 15 is 0 Å². The van der Waals surface area contributed by atoms with Crippen molar-refractivity contribution in [3.05, 3.63) is 62.6 Å². The second-order valence-electron chi connectivity index (χ2n) is 3.73. The van der Waals surface area contributed by atoms with Crippen molar-refractivity contribution >= 4 is 33.2 Å². The molecule has 0 unspecified atom stereocenters. The van der Waals surface area contributed by atoms with Gasteiger partial charge in [-0.2, -0.15) is 4.39 Å². The van der Waals surface area contributed by atoms with Gasteiger partial charge < -0.3 is 5.32 Å². The standard InChI is InChI=1S/C12H7BrFN3O3/c13-8-6-15-4-3-10(8)16-12(18)7-1-2-9(14)11(5-7)17(19)20/h1-6H,(H,15,16,18). The van der Waals surface area contributed by atoms with Crippen molar-refractivity contribution in [2.45, 2.75) is 0 Å². The number of hydrogen-bond donors (Lipinski definition) is 1. The number of rotatable bonds is 3. The molecule has 0 atom stereocenters. The number of nitrogens with one attached hydrogen (secondary N) is 1. The Kier molecular flexibility index (Phi) is 4.04. The molecule has 0 bridgehead atoms. The molecule has 102 valence electrons. The van der Waals surface area contributed by atoms with Crippen LogP contribution in [-0.2, 0) is 0 Å². The van der Waals surface area contributed by atoms with Gasteiger partial charge in [-0.25, -0.2) is 0 Å². The van der Waals surface area contributed by atoms with Crippen molar-refractivity contribution in [2.75, 3.05) is 5.32 Å². The predicted molar refractivity (Wildman–Crippen MR) is 72.9 cm³/mol. The number of carbonyl (C=O) groups excluding carboxylic acids is 1. The normalized spacial score (nSPS) is 10.1. The van der Waals surface area contributed by atoms with E-state index in [0.717, 1.165) is 12.1 Å². The van der Waals surface area contributed by atoms with Gasteiger partial charge in [-0.05, 0) is 34.1 Å². The zero-order valence-electron chi connectivity index (χ0n) is 9.84. The fraction of sp³-hybridized carbons (Fsp3) is 0. The maximum atomic E-state index is 13.2. The van der Waals surface area contributed by atoms with Crippen LogP contribution >= 0.6 is 15.9 Å². The molecule has 0 saturated carbocycles. The van der Waals surface area contributed by atoms with Gasteiger partial charge in [0.2, 0.25) is 5.82 Å². The van der Waals surface area contributed by atoms with E-state index in [4.69, 9.17) is 0 Å². The fourth-order valence-electron chi connectivity index (χ4n) is 1.46. The van der Waals surface area contributed by atoms with E-state index in [0.29, 0.717) is 10.2 Å². The average molecular weight is 340 g/mol. The van der Waals surface area contributed by atoms with Crippen molar-refractivity contribution < 1.29 is 14.1 Å². The molecule has 1 heterocycles. The first-order valence-corrected chi connectivity index (χ1v) is 6.13. The van der Waals surface area contributed by atoms with Crippen LogP contribution in [0, 0.1) is 15.9 Å². The van der Waals surface area contributed by atoms with Gasteiger partial charge in [0.15, 0.2) is 0 Å². The largest absolute Gasteiger partial charge is 0.321 e. The topological polar surface area (TPSA) is 85.1 Å². The quantitative estimate of drug-likeness (QED) is 0.687. The summed E-state index contributed by atoms with van der Waals surface area (Å²) < 4.78 is 13.7. The molecule has 6 nitrogen and oxygen atoms in total. The van der Waals surface area contributed by atoms with Crippen LogP contribution < -0.4 is 5.32 Å². The van der Waals surface area contributed by atoms with Crippen LogP contribution in [0.25, 0.3) is 0 Å². The van der Waals surface area contributed by atoms with Gasteiger partial charge in [-0.15, -0.1) is 0 Å². The molecule has 0 aliphatic carbocycles. The summed E-state index contributed by atoms with van der Waals surface area (Å²) in [6.07, 6.45) is 2.97. The first-order valence-electron chi connectivity index (χ1n) is 5.34. The van der Waals surface area contributed by atoms with Crippen molar-refractivity contribution in [1.82, 2.24) is 4.98 Å². The van der Waals surface area contributed by atoms with E-state index in [9.17, 15) is 19.3 Å². The first-order chi connectivity index (χ1) is 9.49. The Morgan fingerprint density at radius 2 is 2.15 bits per heavy atom. The third-order valence-corrected chi connectivity index (χ3v) is 3.06. The van der Waals surface area contributed by atoms with Crippen LogP contribution in [0.1, 0.15) is 10.4 Å². The van der Waals surface area contributed by atoms with Gasteiger partial charge >= 0.3 is 5.69 Å². The molecule has 1 aromatic carbocycles. The van der Waals surface area contributed by atoms with Crippen LogP contribution in [0.5, 0.6) is 0 Å². The highest BCUT2D eigenvalue weighted by Crippen LogP contribution is 2.22. The molecule has 8 heteroatoms. The van der Waals surface area contributed by atoms with Gasteiger partial charge in [0.05, 0.1) is 15.1 Å². The third-order valence-electron chi connectivity index (χ3n) is 2.43. The fourth-order valence-corrected chi connectivity index (χ4v) is 1.81. The van der Waals surface area contributed by atoms with Crippen LogP contribution in [-0.4, -0.2) is 15.8 Å². The zero-order chi connectivity index (χ0) is 14.7. The summed E-state index contributed by atoms with van der Waals surface area (Å²) in [5.74, 6) is -1.57. The number of aromatic nitrogens is 1. The summed E-state index contributed by atoms with van der Waals surface area (Å²) in [5.41, 5.74) is -0.301. The minimum Gasteiger partial charge on any atom is -0.321 e. The lowest BCUT2D eigenvalue weighted by molar-refractivity contribution is -0.387. The number of amides is 1. The minimum atomic E-state index is -0.989. The van der Waals surface area contributed by atoms with E-state index in [1.54, 1.807) is 6.07 Å². The van der Waals surface area contributed by atoms with Gasteiger partial charge in [0.25, 0.3) is 5.91 Å². The number of nitrogens with zero attached hydrogens (tertiary/aromatic N) is 2. The molecule has 0 aliphatic rings. The lowest BCUT2D eigenvalue weighted by Gasteiger charge is -2.06. The van der Waals surface area contributed by atoms with Gasteiger partial charge in [-0.3, -0.25) is 19.9 Å². The molecule has 0 saturated heterocycles. The molecule has 0 fully saturated rings. The smallest absolute Gasteiger partial charge is 0.305 e. The van der Waals surface area contributed by atoms with Crippen LogP contribution in [0.4, 0.5) is 15.8 Å². The molecule has 20 heavy (non-hydrogen) atoms. The van der Waals surface area contributed by atoms with Crippen molar-refractivity contribution in [3.63, 3.8) is 0 Å². The van der Waals surface area contributed by atoms with Crippen LogP contribution in [0.3, 0.4) is 0 Å². The number of hydrogen-bond acceptors (Lipinski definition) is 4. The lowest BCUT2D eigenvalue weighted by atomic mass is 10.2. The number of pyridine rings is 1. The van der Waals surface area contributed by atoms with E-state index in [1.165, 1.54) is 18.5 Å². The highest BCUT2D eigenvalue weighted by molar-refractivity contribution is 9.10. The van der Waals surface area contributed by atoms with E-state index in [2.05, 4.69) is 26.2 Å². The third kappa shape index (κ3) is 2.97. The Labute approximate surface area is 120 Å². The summed E-state index contributed by atoms with van der Waals surface area (Å²) in [4.78, 5) is 25.5. The zero-order valence-corrected chi connectivity index (χ0v) is 11.4. The SMILES string of the molecule is O=C(Nc1ccncc1Br)c1ccc(F)c([N+](=O)[O-])c1. The summed E-state index contributed by atoms with van der Waals surface area (Å²) in [6, 6.07) is 4.50. The molecule has 0 spiro atoms. The molecule has 1 amide bonds. The number of benzene rings is 1. The predicted octanol–water partition coefficient (Wildman–Crippen LogP) is 3.14. The summed E-state index contributed by atoms with van der Waals surface area (Å²) in [6.45, 7) is 0. The van der Waals surface area contributed by atoms with Gasteiger partial charge in [-0.1, -0.05) is 0 Å². The highest BCUT2D eigenvalue weighted by Gasteiger charge is 2.17. The van der Waals surface area contributed by atoms with Crippen molar-refractivity contribution in [3.8, 4) is 0 Å². The average Bonchev–Trinajstić information content (AvgIpc) is 2.41. The van der Waals surface area contributed by atoms with E-state index in [1.807, 2.05) is 0 Å². The Bertz CT molecular complexity index is 693. The van der Waals surface area contributed by atoms with Gasteiger partial charge in [0, 0.05) is 24.0 Å². The van der Waals surface area contributed by atoms with Crippen molar-refractivity contribution in [1.29, 1.82) is 0 Å². The lowest BCUT2D eigenvalue weighted by Crippen LogP contribution is -2.13. The van der Waals surface area contributed by atoms with E-state index in [-0.39, 0.29) is 5.56 Å².